The van der Waals surface area contributed by atoms with Crippen molar-refractivity contribution in [2.24, 2.45) is 17.8 Å². The van der Waals surface area contributed by atoms with Gasteiger partial charge in [0.2, 0.25) is 0 Å². The van der Waals surface area contributed by atoms with E-state index in [9.17, 15) is 5.11 Å². The van der Waals surface area contributed by atoms with Gasteiger partial charge in [-0.2, -0.15) is 0 Å². The monoisotopic (exact) mass is 254 g/mol. The van der Waals surface area contributed by atoms with Crippen LogP contribution in [0.3, 0.4) is 0 Å². The first-order valence-corrected chi connectivity index (χ1v) is 7.97. The second-order valence-electron chi connectivity index (χ2n) is 7.44. The van der Waals surface area contributed by atoms with Crippen LogP contribution in [0.4, 0.5) is 0 Å². The Bertz CT molecular complexity index is 276. The van der Waals surface area contributed by atoms with E-state index in [4.69, 9.17) is 0 Å². The molecule has 3 fully saturated rings. The van der Waals surface area contributed by atoms with Crippen LogP contribution >= 0.6 is 0 Å². The van der Waals surface area contributed by atoms with Gasteiger partial charge in [0.15, 0.2) is 0 Å². The second-order valence-corrected chi connectivity index (χ2v) is 7.44. The fourth-order valence-corrected chi connectivity index (χ4v) is 4.84. The van der Waals surface area contributed by atoms with E-state index in [0.29, 0.717) is 12.6 Å². The quantitative estimate of drug-likeness (QED) is 0.748. The number of aliphatic hydroxyl groups excluding tert-OH is 1. The summed E-state index contributed by atoms with van der Waals surface area (Å²) in [6.07, 6.45) is 5.68. The molecular formula is C16H32NO+. The molecule has 0 aromatic heterocycles. The second kappa shape index (κ2) is 5.50. The van der Waals surface area contributed by atoms with Gasteiger partial charge in [0, 0.05) is 12.3 Å². The highest BCUT2D eigenvalue weighted by atomic mass is 16.3. The third-order valence-electron chi connectivity index (χ3n) is 5.73. The van der Waals surface area contributed by atoms with Crippen LogP contribution in [0.25, 0.3) is 0 Å². The molecule has 0 radical (unpaired) electrons. The van der Waals surface area contributed by atoms with E-state index in [2.05, 4.69) is 27.7 Å². The molecule has 3 unspecified atom stereocenters. The van der Waals surface area contributed by atoms with E-state index in [1.807, 2.05) is 0 Å². The summed E-state index contributed by atoms with van der Waals surface area (Å²) < 4.78 is 1.20. The first kappa shape index (κ1) is 14.3. The van der Waals surface area contributed by atoms with E-state index in [0.717, 1.165) is 30.3 Å². The van der Waals surface area contributed by atoms with Gasteiger partial charge in [-0.25, -0.2) is 0 Å². The maximum atomic E-state index is 9.46. The summed E-state index contributed by atoms with van der Waals surface area (Å²) in [4.78, 5) is 0. The van der Waals surface area contributed by atoms with Crippen molar-refractivity contribution < 1.29 is 9.59 Å². The van der Waals surface area contributed by atoms with Gasteiger partial charge in [0.25, 0.3) is 0 Å². The molecule has 2 nitrogen and oxygen atoms in total. The molecule has 2 aliphatic heterocycles. The van der Waals surface area contributed by atoms with Gasteiger partial charge in [0.05, 0.1) is 25.2 Å². The van der Waals surface area contributed by atoms with Crippen molar-refractivity contribution in [1.29, 1.82) is 0 Å². The van der Waals surface area contributed by atoms with Crippen LogP contribution in [0.1, 0.15) is 53.4 Å². The summed E-state index contributed by atoms with van der Waals surface area (Å²) in [6.45, 7) is 12.1. The van der Waals surface area contributed by atoms with Gasteiger partial charge in [-0.1, -0.05) is 13.8 Å². The summed E-state index contributed by atoms with van der Waals surface area (Å²) in [7, 11) is 0. The number of hydrogen-bond donors (Lipinski definition) is 1. The molecule has 2 bridgehead atoms. The Morgan fingerprint density at radius 2 is 1.89 bits per heavy atom. The Morgan fingerprint density at radius 1 is 1.17 bits per heavy atom. The lowest BCUT2D eigenvalue weighted by atomic mass is 9.67. The number of nitrogens with zero attached hydrogens (tertiary/aromatic N) is 1. The van der Waals surface area contributed by atoms with Gasteiger partial charge in [-0.3, -0.25) is 0 Å². The van der Waals surface area contributed by atoms with Crippen LogP contribution in [-0.2, 0) is 0 Å². The first-order valence-electron chi connectivity index (χ1n) is 7.97. The SMILES string of the molecule is CC(C)CC1C[C@@H]2CCC1C[N+]2(CCO)C(C)C. The molecule has 2 heterocycles. The number of fused-ring (bicyclic) bond motifs is 3. The van der Waals surface area contributed by atoms with Crippen LogP contribution in [-0.4, -0.2) is 41.4 Å². The molecule has 0 amide bonds. The van der Waals surface area contributed by atoms with E-state index < -0.39 is 0 Å². The minimum atomic E-state index is 0.357. The molecule has 0 aromatic carbocycles. The topological polar surface area (TPSA) is 20.2 Å². The number of rotatable bonds is 5. The highest BCUT2D eigenvalue weighted by Gasteiger charge is 2.51. The minimum absolute atomic E-state index is 0.357. The summed E-state index contributed by atoms with van der Waals surface area (Å²) >= 11 is 0. The van der Waals surface area contributed by atoms with Crippen molar-refractivity contribution in [1.82, 2.24) is 0 Å². The molecule has 1 aliphatic carbocycles. The van der Waals surface area contributed by atoms with Crippen molar-refractivity contribution in [3.63, 3.8) is 0 Å². The number of aliphatic hydroxyl groups is 1. The van der Waals surface area contributed by atoms with Gasteiger partial charge in [-0.15, -0.1) is 0 Å². The lowest BCUT2D eigenvalue weighted by molar-refractivity contribution is -0.984. The van der Waals surface area contributed by atoms with Crippen LogP contribution in [0.2, 0.25) is 0 Å². The molecule has 0 aromatic rings. The molecular weight excluding hydrogens is 222 g/mol. The zero-order valence-corrected chi connectivity index (χ0v) is 12.7. The summed E-state index contributed by atoms with van der Waals surface area (Å²) in [5, 5.41) is 9.46. The summed E-state index contributed by atoms with van der Waals surface area (Å²) in [6, 6.07) is 1.50. The predicted molar refractivity (Wildman–Crippen MR) is 76.3 cm³/mol. The molecule has 2 heteroatoms. The molecule has 2 saturated heterocycles. The third kappa shape index (κ3) is 2.46. The van der Waals surface area contributed by atoms with Crippen LogP contribution < -0.4 is 0 Å². The van der Waals surface area contributed by atoms with Gasteiger partial charge in [-0.05, 0) is 44.9 Å². The van der Waals surface area contributed by atoms with Crippen molar-refractivity contribution in [2.45, 2.75) is 65.5 Å². The number of quaternary nitrogens is 1. The van der Waals surface area contributed by atoms with E-state index in [-0.39, 0.29) is 0 Å². The highest BCUT2D eigenvalue weighted by molar-refractivity contribution is 4.88. The number of piperidine rings is 2. The molecule has 3 aliphatic rings. The Hall–Kier alpha value is -0.0800. The van der Waals surface area contributed by atoms with E-state index in [1.165, 1.54) is 36.7 Å². The average Bonchev–Trinajstić information content (AvgIpc) is 2.30. The Morgan fingerprint density at radius 3 is 2.33 bits per heavy atom. The van der Waals surface area contributed by atoms with Crippen molar-refractivity contribution >= 4 is 0 Å². The molecule has 0 spiro atoms. The molecule has 3 rings (SSSR count). The predicted octanol–water partition coefficient (Wildman–Crippen LogP) is 3.05. The van der Waals surface area contributed by atoms with Gasteiger partial charge in [0.1, 0.15) is 6.54 Å². The maximum absolute atomic E-state index is 9.46. The van der Waals surface area contributed by atoms with Crippen LogP contribution in [0.5, 0.6) is 0 Å². The van der Waals surface area contributed by atoms with Crippen molar-refractivity contribution in [3.8, 4) is 0 Å². The normalized spacial score (nSPS) is 39.8. The van der Waals surface area contributed by atoms with Gasteiger partial charge >= 0.3 is 0 Å². The minimum Gasteiger partial charge on any atom is -0.391 e. The zero-order chi connectivity index (χ0) is 13.3. The Labute approximate surface area is 113 Å². The van der Waals surface area contributed by atoms with E-state index in [1.54, 1.807) is 0 Å². The van der Waals surface area contributed by atoms with Crippen molar-refractivity contribution in [2.75, 3.05) is 19.7 Å². The standard InChI is InChI=1S/C16H32NO/c1-12(2)9-15-10-16-6-5-14(15)11-17(16,7-8-18)13(3)4/h12-16,18H,5-11H2,1-4H3/q+1/t14?,15?,16-,17?/m0/s1. The lowest BCUT2D eigenvalue weighted by Crippen LogP contribution is -2.69. The fourth-order valence-electron chi connectivity index (χ4n) is 4.84. The smallest absolute Gasteiger partial charge is 0.103 e. The Kier molecular flexibility index (Phi) is 4.38. The van der Waals surface area contributed by atoms with Crippen LogP contribution in [0.15, 0.2) is 0 Å². The van der Waals surface area contributed by atoms with E-state index >= 15 is 0 Å². The molecule has 1 saturated carbocycles. The molecule has 18 heavy (non-hydrogen) atoms. The molecule has 1 N–H and O–H groups in total. The summed E-state index contributed by atoms with van der Waals surface area (Å²) in [5.41, 5.74) is 0. The zero-order valence-electron chi connectivity index (χ0n) is 12.7. The van der Waals surface area contributed by atoms with Crippen molar-refractivity contribution in [3.05, 3.63) is 0 Å². The van der Waals surface area contributed by atoms with Crippen LogP contribution in [0, 0.1) is 17.8 Å². The largest absolute Gasteiger partial charge is 0.391 e. The highest BCUT2D eigenvalue weighted by Crippen LogP contribution is 2.47. The summed E-state index contributed by atoms with van der Waals surface area (Å²) in [5.74, 6) is 2.73. The third-order valence-corrected chi connectivity index (χ3v) is 5.73. The lowest BCUT2D eigenvalue weighted by Gasteiger charge is -2.59. The van der Waals surface area contributed by atoms with Gasteiger partial charge < -0.3 is 9.59 Å². The molecule has 106 valence electrons. The molecule has 4 atom stereocenters. The first-order chi connectivity index (χ1) is 8.49. The maximum Gasteiger partial charge on any atom is 0.103 e. The average molecular weight is 254 g/mol. The number of hydrogen-bond acceptors (Lipinski definition) is 1. The Balaban J connectivity index is 2.11. The fraction of sp³-hybridized carbons (Fsp3) is 1.00.